The third kappa shape index (κ3) is 7.02. The summed E-state index contributed by atoms with van der Waals surface area (Å²) in [5, 5.41) is 0. The van der Waals surface area contributed by atoms with Gasteiger partial charge in [-0.3, -0.25) is 9.59 Å². The average Bonchev–Trinajstić information content (AvgIpc) is 2.71. The average molecular weight is 377 g/mol. The van der Waals surface area contributed by atoms with Crippen LogP contribution in [-0.4, -0.2) is 38.2 Å². The number of ether oxygens (including phenoxy) is 3. The SMILES string of the molecule is COC(=O)COC(=O)CCc1ccc(OC(=O)[C@H]2CC[C@H](CN)CC2)cc1. The van der Waals surface area contributed by atoms with Crippen molar-refractivity contribution in [1.29, 1.82) is 0 Å². The van der Waals surface area contributed by atoms with Gasteiger partial charge in [0, 0.05) is 6.42 Å². The molecule has 1 saturated carbocycles. The Morgan fingerprint density at radius 1 is 1.04 bits per heavy atom. The number of methoxy groups -OCH3 is 1. The third-order valence-electron chi connectivity index (χ3n) is 4.85. The highest BCUT2D eigenvalue weighted by atomic mass is 16.6. The molecule has 0 spiro atoms. The molecule has 0 atom stereocenters. The molecule has 1 fully saturated rings. The summed E-state index contributed by atoms with van der Waals surface area (Å²) in [5.74, 6) is -0.290. The summed E-state index contributed by atoms with van der Waals surface area (Å²) in [7, 11) is 1.23. The molecule has 1 aromatic rings. The molecule has 1 aliphatic rings. The topological polar surface area (TPSA) is 105 Å². The molecule has 2 N–H and O–H groups in total. The van der Waals surface area contributed by atoms with E-state index >= 15 is 0 Å². The van der Waals surface area contributed by atoms with Crippen molar-refractivity contribution in [3.05, 3.63) is 29.8 Å². The largest absolute Gasteiger partial charge is 0.466 e. The summed E-state index contributed by atoms with van der Waals surface area (Å²) < 4.78 is 14.7. The summed E-state index contributed by atoms with van der Waals surface area (Å²) >= 11 is 0. The summed E-state index contributed by atoms with van der Waals surface area (Å²) in [4.78, 5) is 34.7. The van der Waals surface area contributed by atoms with Gasteiger partial charge < -0.3 is 19.9 Å². The molecule has 0 bridgehead atoms. The van der Waals surface area contributed by atoms with Gasteiger partial charge in [-0.25, -0.2) is 4.79 Å². The molecule has 0 amide bonds. The number of carbonyl (C=O) groups is 3. The van der Waals surface area contributed by atoms with E-state index in [4.69, 9.17) is 15.2 Å². The summed E-state index contributed by atoms with van der Waals surface area (Å²) in [6.45, 7) is 0.302. The lowest BCUT2D eigenvalue weighted by atomic mass is 9.82. The van der Waals surface area contributed by atoms with Gasteiger partial charge in [-0.15, -0.1) is 0 Å². The second kappa shape index (κ2) is 10.7. The minimum Gasteiger partial charge on any atom is -0.466 e. The van der Waals surface area contributed by atoms with Crippen LogP contribution in [0, 0.1) is 11.8 Å². The van der Waals surface area contributed by atoms with Gasteiger partial charge in [0.1, 0.15) is 5.75 Å². The Hall–Kier alpha value is -2.41. The van der Waals surface area contributed by atoms with Gasteiger partial charge in [0.15, 0.2) is 6.61 Å². The quantitative estimate of drug-likeness (QED) is 0.546. The monoisotopic (exact) mass is 377 g/mol. The van der Waals surface area contributed by atoms with Crippen molar-refractivity contribution >= 4 is 17.9 Å². The van der Waals surface area contributed by atoms with Crippen LogP contribution < -0.4 is 10.5 Å². The first-order valence-electron chi connectivity index (χ1n) is 9.25. The lowest BCUT2D eigenvalue weighted by molar-refractivity contribution is -0.156. The van der Waals surface area contributed by atoms with Crippen LogP contribution in [0.25, 0.3) is 0 Å². The van der Waals surface area contributed by atoms with Crippen LogP contribution in [0.4, 0.5) is 0 Å². The molecular formula is C20H27NO6. The summed E-state index contributed by atoms with van der Waals surface area (Å²) in [6.07, 6.45) is 4.22. The van der Waals surface area contributed by atoms with Crippen molar-refractivity contribution in [2.45, 2.75) is 38.5 Å². The van der Waals surface area contributed by atoms with Crippen molar-refractivity contribution in [2.24, 2.45) is 17.6 Å². The molecular weight excluding hydrogens is 350 g/mol. The van der Waals surface area contributed by atoms with Crippen molar-refractivity contribution in [3.63, 3.8) is 0 Å². The van der Waals surface area contributed by atoms with Crippen LogP contribution in [0.3, 0.4) is 0 Å². The molecule has 1 aliphatic carbocycles. The predicted molar refractivity (Wildman–Crippen MR) is 97.9 cm³/mol. The second-order valence-corrected chi connectivity index (χ2v) is 6.76. The number of hydrogen-bond acceptors (Lipinski definition) is 7. The molecule has 0 aromatic heterocycles. The van der Waals surface area contributed by atoms with E-state index in [-0.39, 0.29) is 24.9 Å². The molecule has 2 rings (SSSR count). The predicted octanol–water partition coefficient (Wildman–Crippen LogP) is 2.01. The van der Waals surface area contributed by atoms with E-state index in [2.05, 4.69) is 4.74 Å². The standard InChI is InChI=1S/C20H27NO6/c1-25-19(23)13-26-18(22)11-6-14-4-9-17(10-5-14)27-20(24)16-7-2-15(12-21)3-8-16/h4-5,9-10,15-16H,2-3,6-8,11-13,21H2,1H3/t15-,16-. The zero-order valence-electron chi connectivity index (χ0n) is 15.6. The van der Waals surface area contributed by atoms with Crippen molar-refractivity contribution < 1.29 is 28.6 Å². The zero-order valence-corrected chi connectivity index (χ0v) is 15.6. The van der Waals surface area contributed by atoms with Crippen molar-refractivity contribution in [1.82, 2.24) is 0 Å². The van der Waals surface area contributed by atoms with E-state index in [1.165, 1.54) is 7.11 Å². The fraction of sp³-hybridized carbons (Fsp3) is 0.550. The maximum atomic E-state index is 12.3. The summed E-state index contributed by atoms with van der Waals surface area (Å²) in [6, 6.07) is 7.06. The first kappa shape index (κ1) is 20.9. The zero-order chi connectivity index (χ0) is 19.6. The smallest absolute Gasteiger partial charge is 0.344 e. The minimum absolute atomic E-state index is 0.0583. The number of esters is 3. The molecule has 0 unspecified atom stereocenters. The van der Waals surface area contributed by atoms with Crippen LogP contribution in [0.5, 0.6) is 5.75 Å². The van der Waals surface area contributed by atoms with Crippen LogP contribution in [0.15, 0.2) is 24.3 Å². The van der Waals surface area contributed by atoms with E-state index < -0.39 is 11.9 Å². The number of benzene rings is 1. The molecule has 1 aromatic carbocycles. The molecule has 0 radical (unpaired) electrons. The third-order valence-corrected chi connectivity index (χ3v) is 4.85. The Labute approximate surface area is 159 Å². The number of aryl methyl sites for hydroxylation is 1. The Morgan fingerprint density at radius 2 is 1.70 bits per heavy atom. The van der Waals surface area contributed by atoms with Crippen molar-refractivity contribution in [2.75, 3.05) is 20.3 Å². The molecule has 0 aliphatic heterocycles. The molecule has 0 heterocycles. The maximum Gasteiger partial charge on any atom is 0.344 e. The number of carbonyl (C=O) groups excluding carboxylic acids is 3. The molecule has 148 valence electrons. The van der Waals surface area contributed by atoms with Crippen LogP contribution >= 0.6 is 0 Å². The fourth-order valence-corrected chi connectivity index (χ4v) is 3.07. The van der Waals surface area contributed by atoms with Crippen LogP contribution in [-0.2, 0) is 30.3 Å². The lowest BCUT2D eigenvalue weighted by Crippen LogP contribution is -2.28. The fourth-order valence-electron chi connectivity index (χ4n) is 3.07. The molecule has 27 heavy (non-hydrogen) atoms. The minimum atomic E-state index is -0.592. The summed E-state index contributed by atoms with van der Waals surface area (Å²) in [5.41, 5.74) is 6.59. The van der Waals surface area contributed by atoms with Crippen molar-refractivity contribution in [3.8, 4) is 5.75 Å². The van der Waals surface area contributed by atoms with E-state index in [9.17, 15) is 14.4 Å². The highest BCUT2D eigenvalue weighted by molar-refractivity contribution is 5.76. The normalized spacial score (nSPS) is 19.2. The van der Waals surface area contributed by atoms with Gasteiger partial charge >= 0.3 is 17.9 Å². The Kier molecular flexibility index (Phi) is 8.26. The lowest BCUT2D eigenvalue weighted by Gasteiger charge is -2.26. The Morgan fingerprint density at radius 3 is 2.30 bits per heavy atom. The number of hydrogen-bond donors (Lipinski definition) is 1. The maximum absolute atomic E-state index is 12.3. The van der Waals surface area contributed by atoms with Gasteiger partial charge in [0.2, 0.25) is 0 Å². The highest BCUT2D eigenvalue weighted by Crippen LogP contribution is 2.29. The molecule has 7 nitrogen and oxygen atoms in total. The van der Waals surface area contributed by atoms with Crippen LogP contribution in [0.2, 0.25) is 0 Å². The first-order chi connectivity index (χ1) is 13.0. The number of rotatable bonds is 8. The second-order valence-electron chi connectivity index (χ2n) is 6.76. The Bertz CT molecular complexity index is 634. The van der Waals surface area contributed by atoms with E-state index in [0.29, 0.717) is 24.6 Å². The molecule has 7 heteroatoms. The van der Waals surface area contributed by atoms with Gasteiger partial charge in [0.25, 0.3) is 0 Å². The van der Waals surface area contributed by atoms with Crippen LogP contribution in [0.1, 0.15) is 37.7 Å². The Balaban J connectivity index is 1.74. The van der Waals surface area contributed by atoms with Gasteiger partial charge in [-0.1, -0.05) is 12.1 Å². The van der Waals surface area contributed by atoms with E-state index in [0.717, 1.165) is 31.2 Å². The van der Waals surface area contributed by atoms with E-state index in [1.54, 1.807) is 12.1 Å². The number of nitrogens with two attached hydrogens (primary N) is 1. The first-order valence-corrected chi connectivity index (χ1v) is 9.25. The van der Waals surface area contributed by atoms with E-state index in [1.807, 2.05) is 12.1 Å². The molecule has 0 saturated heterocycles. The highest BCUT2D eigenvalue weighted by Gasteiger charge is 2.27. The van der Waals surface area contributed by atoms with Gasteiger partial charge in [-0.2, -0.15) is 0 Å². The van der Waals surface area contributed by atoms with Gasteiger partial charge in [0.05, 0.1) is 13.0 Å². The van der Waals surface area contributed by atoms with Gasteiger partial charge in [-0.05, 0) is 62.3 Å².